The van der Waals surface area contributed by atoms with Crippen molar-refractivity contribution in [3.05, 3.63) is 47.6 Å². The Hall–Kier alpha value is -2.13. The Labute approximate surface area is 182 Å². The van der Waals surface area contributed by atoms with Crippen molar-refractivity contribution in [2.45, 2.75) is 6.10 Å². The summed E-state index contributed by atoms with van der Waals surface area (Å²) in [6, 6.07) is 5.05. The molecule has 0 spiro atoms. The number of aliphatic hydroxyl groups is 2. The van der Waals surface area contributed by atoms with E-state index in [1.807, 2.05) is 5.48 Å². The number of aromatic nitrogens is 2. The minimum atomic E-state index is -1.21. The van der Waals surface area contributed by atoms with Crippen LogP contribution >= 0.6 is 34.2 Å². The number of carbonyl (C=O) groups is 1. The molecule has 0 radical (unpaired) electrons. The van der Waals surface area contributed by atoms with Crippen LogP contribution in [0.5, 0.6) is 5.75 Å². The summed E-state index contributed by atoms with van der Waals surface area (Å²) >= 11 is 8.26. The van der Waals surface area contributed by atoms with Gasteiger partial charge in [-0.3, -0.25) is 18.8 Å². The molecule has 1 aromatic heterocycles. The lowest BCUT2D eigenvalue weighted by Crippen LogP contribution is -2.40. The average Bonchev–Trinajstić information content (AvgIpc) is 2.68. The molecule has 4 N–H and O–H groups in total. The molecule has 1 aromatic carbocycles. The van der Waals surface area contributed by atoms with Crippen LogP contribution in [-0.4, -0.2) is 44.8 Å². The minimum absolute atomic E-state index is 0.105. The van der Waals surface area contributed by atoms with Crippen molar-refractivity contribution in [3.8, 4) is 5.75 Å². The first kappa shape index (κ1) is 23.2. The Balaban J connectivity index is 2.36. The molecule has 0 bridgehead atoms. The fourth-order valence-electron chi connectivity index (χ4n) is 2.13. The average molecular weight is 541 g/mol. The van der Waals surface area contributed by atoms with Gasteiger partial charge in [0, 0.05) is 17.7 Å². The van der Waals surface area contributed by atoms with Gasteiger partial charge in [0.1, 0.15) is 12.7 Å². The molecule has 1 atom stereocenters. The van der Waals surface area contributed by atoms with Crippen molar-refractivity contribution in [2.24, 2.45) is 14.1 Å². The zero-order chi connectivity index (χ0) is 21.7. The lowest BCUT2D eigenvalue weighted by molar-refractivity contribution is -0.0291. The Morgan fingerprint density at radius 2 is 2.00 bits per heavy atom. The number of rotatable bonds is 7. The van der Waals surface area contributed by atoms with Gasteiger partial charge in [-0.05, 0) is 40.8 Å². The molecule has 13 heteroatoms. The molecule has 0 saturated heterocycles. The molecule has 0 saturated carbocycles. The summed E-state index contributed by atoms with van der Waals surface area (Å²) in [7, 11) is 2.61. The van der Waals surface area contributed by atoms with E-state index in [1.54, 1.807) is 18.2 Å². The summed E-state index contributed by atoms with van der Waals surface area (Å²) < 4.78 is 7.74. The van der Waals surface area contributed by atoms with E-state index in [-0.39, 0.29) is 5.82 Å². The van der Waals surface area contributed by atoms with Crippen molar-refractivity contribution in [3.63, 3.8) is 0 Å². The number of amides is 1. The van der Waals surface area contributed by atoms with Crippen molar-refractivity contribution >= 4 is 51.8 Å². The fourth-order valence-corrected chi connectivity index (χ4v) is 3.03. The van der Waals surface area contributed by atoms with Crippen LogP contribution in [0.2, 0.25) is 5.02 Å². The first-order valence-corrected chi connectivity index (χ1v) is 9.52. The molecule has 0 aliphatic heterocycles. The molecule has 0 aliphatic carbocycles. The minimum Gasteiger partial charge on any atom is -0.399 e. The maximum atomic E-state index is 12.5. The highest BCUT2D eigenvalue weighted by Gasteiger charge is 2.21. The van der Waals surface area contributed by atoms with Crippen molar-refractivity contribution < 1.29 is 24.6 Å². The fraction of sp³-hybridized carbons (Fsp3) is 0.312. The van der Waals surface area contributed by atoms with E-state index in [1.165, 1.54) is 14.1 Å². The summed E-state index contributed by atoms with van der Waals surface area (Å²) in [5.41, 5.74) is 0.712. The summed E-state index contributed by atoms with van der Waals surface area (Å²) in [6.07, 6.45) is -2.39. The molecular formula is C16H18ClIN4O7. The number of hydrogen-bond donors (Lipinski definition) is 4. The topological polar surface area (TPSA) is 144 Å². The van der Waals surface area contributed by atoms with Gasteiger partial charge in [-0.2, -0.15) is 5.48 Å². The molecule has 0 unspecified atom stereocenters. The van der Waals surface area contributed by atoms with Gasteiger partial charge in [0.2, 0.25) is 5.75 Å². The summed E-state index contributed by atoms with van der Waals surface area (Å²) in [4.78, 5) is 41.4. The monoisotopic (exact) mass is 540 g/mol. The van der Waals surface area contributed by atoms with Gasteiger partial charge >= 0.3 is 17.3 Å². The molecule has 0 fully saturated rings. The molecule has 158 valence electrons. The highest BCUT2D eigenvalue weighted by Crippen LogP contribution is 2.29. The van der Waals surface area contributed by atoms with E-state index in [0.29, 0.717) is 10.7 Å². The van der Waals surface area contributed by atoms with Crippen LogP contribution in [0.3, 0.4) is 0 Å². The van der Waals surface area contributed by atoms with Gasteiger partial charge in [0.05, 0.1) is 17.3 Å². The zero-order valence-electron chi connectivity index (χ0n) is 15.3. The quantitative estimate of drug-likeness (QED) is 0.293. The summed E-state index contributed by atoms with van der Waals surface area (Å²) in [5, 5.41) is 21.0. The first-order chi connectivity index (χ1) is 13.6. The maximum Gasteiger partial charge on any atom is 0.437 e. The van der Waals surface area contributed by atoms with Crippen LogP contribution < -0.4 is 26.8 Å². The molecule has 29 heavy (non-hydrogen) atoms. The number of ether oxygens (including phenoxy) is 1. The highest BCUT2D eigenvalue weighted by atomic mass is 127. The number of nitrogens with one attached hydrogen (secondary N) is 2. The van der Waals surface area contributed by atoms with Crippen LogP contribution in [0.15, 0.2) is 27.8 Å². The second-order valence-electron chi connectivity index (χ2n) is 5.77. The van der Waals surface area contributed by atoms with E-state index in [9.17, 15) is 19.5 Å². The van der Waals surface area contributed by atoms with Gasteiger partial charge < -0.3 is 20.3 Å². The van der Waals surface area contributed by atoms with E-state index >= 15 is 0 Å². The largest absolute Gasteiger partial charge is 0.437 e. The third-order valence-electron chi connectivity index (χ3n) is 3.64. The lowest BCUT2D eigenvalue weighted by Gasteiger charge is -2.17. The smallest absolute Gasteiger partial charge is 0.399 e. The Bertz CT molecular complexity index is 1020. The van der Waals surface area contributed by atoms with Crippen LogP contribution in [0.1, 0.15) is 0 Å². The van der Waals surface area contributed by atoms with Crippen molar-refractivity contribution in [2.75, 3.05) is 18.5 Å². The molecule has 1 amide bonds. The molecule has 2 rings (SSSR count). The molecule has 11 nitrogen and oxygen atoms in total. The highest BCUT2D eigenvalue weighted by molar-refractivity contribution is 14.1. The summed E-state index contributed by atoms with van der Waals surface area (Å²) in [6.45, 7) is -0.969. The van der Waals surface area contributed by atoms with Gasteiger partial charge in [-0.1, -0.05) is 11.6 Å². The van der Waals surface area contributed by atoms with Gasteiger partial charge in [-0.15, -0.1) is 0 Å². The SMILES string of the molecule is Cn1c(Nc2ccc(I)cc2Cl)c(OC(=O)NOC[C@@H](O)CO)c(=O)n(C)c1=O. The molecule has 0 aliphatic rings. The summed E-state index contributed by atoms with van der Waals surface area (Å²) in [5.74, 6) is -0.584. The van der Waals surface area contributed by atoms with Crippen molar-refractivity contribution in [1.82, 2.24) is 14.6 Å². The molecular weight excluding hydrogens is 523 g/mol. The van der Waals surface area contributed by atoms with Crippen LogP contribution in [0.4, 0.5) is 16.3 Å². The van der Waals surface area contributed by atoms with Gasteiger partial charge in [0.15, 0.2) is 5.82 Å². The number of aliphatic hydroxyl groups excluding tert-OH is 2. The Morgan fingerprint density at radius 3 is 2.62 bits per heavy atom. The van der Waals surface area contributed by atoms with Crippen LogP contribution in [-0.2, 0) is 18.9 Å². The number of anilines is 2. The lowest BCUT2D eigenvalue weighted by atomic mass is 10.3. The molecule has 2 aromatic rings. The van der Waals surface area contributed by atoms with Gasteiger partial charge in [0.25, 0.3) is 0 Å². The second kappa shape index (κ2) is 10.1. The second-order valence-corrected chi connectivity index (χ2v) is 7.42. The maximum absolute atomic E-state index is 12.5. The number of hydrogen-bond acceptors (Lipinski definition) is 8. The van der Waals surface area contributed by atoms with E-state index in [0.717, 1.165) is 12.7 Å². The number of hydroxylamine groups is 1. The molecule has 1 heterocycles. The van der Waals surface area contributed by atoms with Crippen LogP contribution in [0, 0.1) is 3.57 Å². The normalized spacial score (nSPS) is 11.8. The van der Waals surface area contributed by atoms with Crippen LogP contribution in [0.25, 0.3) is 0 Å². The number of halogens is 2. The zero-order valence-corrected chi connectivity index (χ0v) is 18.2. The predicted molar refractivity (Wildman–Crippen MR) is 113 cm³/mol. The first-order valence-electron chi connectivity index (χ1n) is 8.06. The van der Waals surface area contributed by atoms with E-state index in [4.69, 9.17) is 21.4 Å². The van der Waals surface area contributed by atoms with Gasteiger partial charge in [-0.25, -0.2) is 9.59 Å². The van der Waals surface area contributed by atoms with E-state index in [2.05, 4.69) is 32.7 Å². The number of benzene rings is 1. The Kier molecular flexibility index (Phi) is 8.04. The predicted octanol–water partition coefficient (Wildman–Crippen LogP) is 0.459. The number of nitrogens with zero attached hydrogens (tertiary/aromatic N) is 2. The van der Waals surface area contributed by atoms with E-state index < -0.39 is 42.4 Å². The third-order valence-corrected chi connectivity index (χ3v) is 4.63. The Morgan fingerprint density at radius 1 is 1.31 bits per heavy atom. The van der Waals surface area contributed by atoms with Crippen molar-refractivity contribution in [1.29, 1.82) is 0 Å². The third kappa shape index (κ3) is 5.70. The standard InChI is InChI=1S/C16H18ClIN4O7/c1-21-13(19-11-4-3-8(18)5-10(11)17)12(14(25)22(2)16(21)27)29-15(26)20-28-7-9(24)6-23/h3-5,9,19,23-24H,6-7H2,1-2H3,(H,20,26)/t9-/m0/s1. The number of carbonyl (C=O) groups excluding carboxylic acids is 1.